The largest absolute Gasteiger partial charge is 0.480 e. The molecular formula is C13H18N2O5. The van der Waals surface area contributed by atoms with E-state index in [9.17, 15) is 14.4 Å². The third-order valence-electron chi connectivity index (χ3n) is 2.67. The fraction of sp³-hybridized carbons (Fsp3) is 0.462. The number of likely N-dealkylation sites (N-methyl/N-ethyl adjacent to an activating group) is 1. The fourth-order valence-corrected chi connectivity index (χ4v) is 1.66. The second-order valence-electron chi connectivity index (χ2n) is 4.39. The molecular weight excluding hydrogens is 264 g/mol. The summed E-state index contributed by atoms with van der Waals surface area (Å²) in [5, 5.41) is 11.3. The number of carbonyl (C=O) groups is 3. The Morgan fingerprint density at radius 1 is 1.45 bits per heavy atom. The average molecular weight is 282 g/mol. The Morgan fingerprint density at radius 2 is 2.15 bits per heavy atom. The highest BCUT2D eigenvalue weighted by Gasteiger charge is 2.22. The number of carbonyl (C=O) groups excluding carboxylic acids is 2. The van der Waals surface area contributed by atoms with E-state index in [4.69, 9.17) is 9.52 Å². The van der Waals surface area contributed by atoms with E-state index in [1.54, 1.807) is 6.07 Å². The number of carboxylic acid groups (broad SMARTS) is 1. The SMILES string of the molecule is CCCC(NC(=O)CN(C)C(=O)c1ccco1)C(=O)O. The summed E-state index contributed by atoms with van der Waals surface area (Å²) >= 11 is 0. The normalized spacial score (nSPS) is 11.7. The monoisotopic (exact) mass is 282 g/mol. The highest BCUT2D eigenvalue weighted by Crippen LogP contribution is 2.04. The van der Waals surface area contributed by atoms with Crippen LogP contribution in [0, 0.1) is 0 Å². The Bertz CT molecular complexity index is 469. The van der Waals surface area contributed by atoms with Gasteiger partial charge in [0.15, 0.2) is 5.76 Å². The molecule has 0 aliphatic heterocycles. The van der Waals surface area contributed by atoms with Gasteiger partial charge in [-0.3, -0.25) is 9.59 Å². The van der Waals surface area contributed by atoms with Crippen molar-refractivity contribution in [1.29, 1.82) is 0 Å². The second kappa shape index (κ2) is 7.32. The minimum Gasteiger partial charge on any atom is -0.480 e. The van der Waals surface area contributed by atoms with Crippen LogP contribution in [0.4, 0.5) is 0 Å². The van der Waals surface area contributed by atoms with Gasteiger partial charge in [0.1, 0.15) is 6.04 Å². The van der Waals surface area contributed by atoms with Gasteiger partial charge in [-0.05, 0) is 18.6 Å². The first-order valence-corrected chi connectivity index (χ1v) is 6.26. The number of hydrogen-bond acceptors (Lipinski definition) is 4. The number of nitrogens with one attached hydrogen (secondary N) is 1. The van der Waals surface area contributed by atoms with Crippen LogP contribution in [0.3, 0.4) is 0 Å². The maximum Gasteiger partial charge on any atom is 0.326 e. The Balaban J connectivity index is 2.53. The smallest absolute Gasteiger partial charge is 0.326 e. The summed E-state index contributed by atoms with van der Waals surface area (Å²) < 4.78 is 4.94. The van der Waals surface area contributed by atoms with Crippen LogP contribution in [-0.2, 0) is 9.59 Å². The molecule has 2 N–H and O–H groups in total. The van der Waals surface area contributed by atoms with Gasteiger partial charge in [0.25, 0.3) is 5.91 Å². The van der Waals surface area contributed by atoms with Crippen molar-refractivity contribution in [3.63, 3.8) is 0 Å². The van der Waals surface area contributed by atoms with Gasteiger partial charge >= 0.3 is 5.97 Å². The minimum absolute atomic E-state index is 0.128. The number of furan rings is 1. The van der Waals surface area contributed by atoms with Crippen molar-refractivity contribution in [3.8, 4) is 0 Å². The van der Waals surface area contributed by atoms with E-state index in [1.165, 1.54) is 24.3 Å². The lowest BCUT2D eigenvalue weighted by atomic mass is 10.1. The fourth-order valence-electron chi connectivity index (χ4n) is 1.66. The van der Waals surface area contributed by atoms with E-state index in [0.717, 1.165) is 0 Å². The van der Waals surface area contributed by atoms with Crippen LogP contribution in [-0.4, -0.2) is 47.4 Å². The lowest BCUT2D eigenvalue weighted by molar-refractivity contribution is -0.142. The Hall–Kier alpha value is -2.31. The Labute approximate surface area is 116 Å². The van der Waals surface area contributed by atoms with E-state index in [2.05, 4.69) is 5.32 Å². The second-order valence-corrected chi connectivity index (χ2v) is 4.39. The molecule has 0 saturated heterocycles. The van der Waals surface area contributed by atoms with E-state index in [1.807, 2.05) is 6.92 Å². The maximum absolute atomic E-state index is 11.8. The van der Waals surface area contributed by atoms with Crippen LogP contribution in [0.2, 0.25) is 0 Å². The summed E-state index contributed by atoms with van der Waals surface area (Å²) in [6.07, 6.45) is 2.35. The Kier molecular flexibility index (Phi) is 5.76. The molecule has 1 heterocycles. The maximum atomic E-state index is 11.8. The first-order valence-electron chi connectivity index (χ1n) is 6.26. The molecule has 2 amide bonds. The lowest BCUT2D eigenvalue weighted by Gasteiger charge is -2.18. The van der Waals surface area contributed by atoms with Gasteiger partial charge in [0.05, 0.1) is 12.8 Å². The molecule has 0 aromatic carbocycles. The molecule has 0 bridgehead atoms. The minimum atomic E-state index is -1.08. The molecule has 1 aromatic rings. The van der Waals surface area contributed by atoms with Gasteiger partial charge < -0.3 is 19.7 Å². The van der Waals surface area contributed by atoms with E-state index >= 15 is 0 Å². The van der Waals surface area contributed by atoms with Gasteiger partial charge in [0.2, 0.25) is 5.91 Å². The predicted octanol–water partition coefficient (Wildman–Crippen LogP) is 0.721. The van der Waals surface area contributed by atoms with Gasteiger partial charge in [-0.1, -0.05) is 13.3 Å². The molecule has 7 heteroatoms. The summed E-state index contributed by atoms with van der Waals surface area (Å²) in [5.41, 5.74) is 0. The molecule has 7 nitrogen and oxygen atoms in total. The van der Waals surface area contributed by atoms with Gasteiger partial charge in [-0.2, -0.15) is 0 Å². The zero-order chi connectivity index (χ0) is 15.1. The molecule has 110 valence electrons. The number of nitrogens with zero attached hydrogens (tertiary/aromatic N) is 1. The van der Waals surface area contributed by atoms with E-state index in [-0.39, 0.29) is 12.3 Å². The third-order valence-corrected chi connectivity index (χ3v) is 2.67. The van der Waals surface area contributed by atoms with Crippen molar-refractivity contribution in [2.24, 2.45) is 0 Å². The van der Waals surface area contributed by atoms with E-state index in [0.29, 0.717) is 12.8 Å². The van der Waals surface area contributed by atoms with Crippen molar-refractivity contribution in [2.75, 3.05) is 13.6 Å². The number of hydrogen-bond donors (Lipinski definition) is 2. The summed E-state index contributed by atoms with van der Waals surface area (Å²) in [4.78, 5) is 35.6. The first kappa shape index (κ1) is 15.7. The molecule has 1 aromatic heterocycles. The van der Waals surface area contributed by atoms with Crippen LogP contribution in [0.1, 0.15) is 30.3 Å². The van der Waals surface area contributed by atoms with Crippen LogP contribution in [0.15, 0.2) is 22.8 Å². The summed E-state index contributed by atoms with van der Waals surface area (Å²) in [6, 6.07) is 2.14. The van der Waals surface area contributed by atoms with Gasteiger partial charge in [-0.15, -0.1) is 0 Å². The van der Waals surface area contributed by atoms with Crippen molar-refractivity contribution in [2.45, 2.75) is 25.8 Å². The average Bonchev–Trinajstić information content (AvgIpc) is 2.90. The summed E-state index contributed by atoms with van der Waals surface area (Å²) in [7, 11) is 1.44. The first-order chi connectivity index (χ1) is 9.45. The molecule has 20 heavy (non-hydrogen) atoms. The predicted molar refractivity (Wildman–Crippen MR) is 70.1 cm³/mol. The number of rotatable bonds is 7. The van der Waals surface area contributed by atoms with Crippen molar-refractivity contribution >= 4 is 17.8 Å². The zero-order valence-corrected chi connectivity index (χ0v) is 11.5. The number of carboxylic acids is 1. The highest BCUT2D eigenvalue weighted by atomic mass is 16.4. The van der Waals surface area contributed by atoms with Crippen LogP contribution >= 0.6 is 0 Å². The summed E-state index contributed by atoms with van der Waals surface area (Å²) in [6.45, 7) is 1.60. The molecule has 0 fully saturated rings. The quantitative estimate of drug-likeness (QED) is 0.767. The highest BCUT2D eigenvalue weighted by molar-refractivity contribution is 5.94. The standard InChI is InChI=1S/C13H18N2O5/c1-3-5-9(13(18)19)14-11(16)8-15(2)12(17)10-6-4-7-20-10/h4,6-7,9H,3,5,8H2,1-2H3,(H,14,16)(H,18,19). The van der Waals surface area contributed by atoms with Gasteiger partial charge in [0, 0.05) is 7.05 Å². The molecule has 0 saturated carbocycles. The zero-order valence-electron chi connectivity index (χ0n) is 11.5. The molecule has 0 spiro atoms. The van der Waals surface area contributed by atoms with Crippen molar-refractivity contribution in [3.05, 3.63) is 24.2 Å². The summed E-state index contributed by atoms with van der Waals surface area (Å²) in [5.74, 6) is -1.91. The molecule has 0 aliphatic rings. The topological polar surface area (TPSA) is 99.9 Å². The molecule has 1 atom stereocenters. The van der Waals surface area contributed by atoms with Crippen molar-refractivity contribution in [1.82, 2.24) is 10.2 Å². The molecule has 0 radical (unpaired) electrons. The van der Waals surface area contributed by atoms with E-state index < -0.39 is 23.8 Å². The number of amides is 2. The molecule has 1 unspecified atom stereocenters. The molecule has 1 rings (SSSR count). The molecule has 0 aliphatic carbocycles. The third kappa shape index (κ3) is 4.42. The van der Waals surface area contributed by atoms with Crippen LogP contribution in [0.25, 0.3) is 0 Å². The van der Waals surface area contributed by atoms with Crippen LogP contribution < -0.4 is 5.32 Å². The Morgan fingerprint density at radius 3 is 2.65 bits per heavy atom. The van der Waals surface area contributed by atoms with Crippen LogP contribution in [0.5, 0.6) is 0 Å². The van der Waals surface area contributed by atoms with Crippen molar-refractivity contribution < 1.29 is 23.9 Å². The van der Waals surface area contributed by atoms with Gasteiger partial charge in [-0.25, -0.2) is 4.79 Å². The number of aliphatic carboxylic acids is 1. The lowest BCUT2D eigenvalue weighted by Crippen LogP contribution is -2.45.